The molecule has 3 nitrogen and oxygen atoms in total. The fourth-order valence-electron chi connectivity index (χ4n) is 1.50. The van der Waals surface area contributed by atoms with Crippen molar-refractivity contribution in [3.63, 3.8) is 0 Å². The third kappa shape index (κ3) is 5.56. The molecule has 1 heterocycles. The summed E-state index contributed by atoms with van der Waals surface area (Å²) in [5.41, 5.74) is 1.28. The first-order chi connectivity index (χ1) is 7.72. The molecule has 0 unspecified atom stereocenters. The molecule has 1 aromatic heterocycles. The highest BCUT2D eigenvalue weighted by Gasteiger charge is 1.99. The summed E-state index contributed by atoms with van der Waals surface area (Å²) in [7, 11) is 0. The number of rotatable bonds is 8. The van der Waals surface area contributed by atoms with Crippen molar-refractivity contribution in [2.75, 3.05) is 18.6 Å². The Hall–Kier alpha value is -0.480. The van der Waals surface area contributed by atoms with Crippen molar-refractivity contribution in [2.45, 2.75) is 33.4 Å². The summed E-state index contributed by atoms with van der Waals surface area (Å²) in [6.07, 6.45) is 7.45. The van der Waals surface area contributed by atoms with Crippen molar-refractivity contribution in [1.29, 1.82) is 0 Å². The number of nitrogens with one attached hydrogen (secondary N) is 1. The molecule has 4 heteroatoms. The van der Waals surface area contributed by atoms with E-state index in [1.807, 2.05) is 22.6 Å². The number of aromatic nitrogens is 2. The maximum atomic E-state index is 4.35. The van der Waals surface area contributed by atoms with Gasteiger partial charge in [-0.1, -0.05) is 13.8 Å². The molecule has 0 saturated carbocycles. The van der Waals surface area contributed by atoms with Gasteiger partial charge < -0.3 is 5.32 Å². The summed E-state index contributed by atoms with van der Waals surface area (Å²) in [6, 6.07) is 0. The zero-order valence-electron chi connectivity index (χ0n) is 10.6. The van der Waals surface area contributed by atoms with Gasteiger partial charge in [0.05, 0.1) is 6.20 Å². The van der Waals surface area contributed by atoms with Crippen LogP contribution in [0.15, 0.2) is 12.4 Å². The van der Waals surface area contributed by atoms with E-state index in [4.69, 9.17) is 0 Å². The number of aryl methyl sites for hydroxylation is 1. The predicted molar refractivity (Wildman–Crippen MR) is 71.8 cm³/mol. The van der Waals surface area contributed by atoms with E-state index >= 15 is 0 Å². The Bertz CT molecular complexity index is 284. The molecule has 0 spiro atoms. The summed E-state index contributed by atoms with van der Waals surface area (Å²) in [5.74, 6) is 1.91. The second kappa shape index (κ2) is 7.74. The first-order valence-corrected chi connectivity index (χ1v) is 7.32. The highest BCUT2D eigenvalue weighted by molar-refractivity contribution is 7.98. The van der Waals surface area contributed by atoms with Crippen molar-refractivity contribution in [3.8, 4) is 0 Å². The van der Waals surface area contributed by atoms with E-state index in [1.54, 1.807) is 0 Å². The first-order valence-electron chi connectivity index (χ1n) is 5.93. The van der Waals surface area contributed by atoms with Crippen LogP contribution in [0.5, 0.6) is 0 Å². The summed E-state index contributed by atoms with van der Waals surface area (Å²) in [5, 5.41) is 7.78. The van der Waals surface area contributed by atoms with Crippen molar-refractivity contribution in [3.05, 3.63) is 18.0 Å². The van der Waals surface area contributed by atoms with E-state index in [9.17, 15) is 0 Å². The molecule has 0 atom stereocenters. The average Bonchev–Trinajstić information content (AvgIpc) is 2.66. The SMILES string of the molecule is CSCCCn1cc(CNCC(C)C)cn1. The van der Waals surface area contributed by atoms with Gasteiger partial charge in [-0.05, 0) is 30.9 Å². The maximum absolute atomic E-state index is 4.35. The van der Waals surface area contributed by atoms with Gasteiger partial charge in [0.25, 0.3) is 0 Å². The molecule has 1 rings (SSSR count). The van der Waals surface area contributed by atoms with Crippen molar-refractivity contribution in [2.24, 2.45) is 5.92 Å². The molecule has 0 amide bonds. The standard InChI is InChI=1S/C12H23N3S/c1-11(2)7-13-8-12-9-14-15(10-12)5-4-6-16-3/h9-11,13H,4-8H2,1-3H3. The predicted octanol–water partition coefficient (Wildman–Crippen LogP) is 2.38. The molecular formula is C12H23N3S. The van der Waals surface area contributed by atoms with Crippen molar-refractivity contribution in [1.82, 2.24) is 15.1 Å². The van der Waals surface area contributed by atoms with Gasteiger partial charge in [0, 0.05) is 24.8 Å². The van der Waals surface area contributed by atoms with Gasteiger partial charge in [-0.3, -0.25) is 4.68 Å². The lowest BCUT2D eigenvalue weighted by atomic mass is 10.2. The second-order valence-electron chi connectivity index (χ2n) is 4.48. The molecule has 0 saturated heterocycles. The molecular weight excluding hydrogens is 218 g/mol. The highest BCUT2D eigenvalue weighted by atomic mass is 32.2. The van der Waals surface area contributed by atoms with E-state index in [0.29, 0.717) is 5.92 Å². The molecule has 16 heavy (non-hydrogen) atoms. The monoisotopic (exact) mass is 241 g/mol. The Morgan fingerprint density at radius 1 is 1.50 bits per heavy atom. The maximum Gasteiger partial charge on any atom is 0.0534 e. The number of thioether (sulfide) groups is 1. The summed E-state index contributed by atoms with van der Waals surface area (Å²) in [4.78, 5) is 0. The fourth-order valence-corrected chi connectivity index (χ4v) is 1.91. The van der Waals surface area contributed by atoms with E-state index in [1.165, 1.54) is 17.7 Å². The summed E-state index contributed by atoms with van der Waals surface area (Å²) < 4.78 is 2.04. The quantitative estimate of drug-likeness (QED) is 0.709. The van der Waals surface area contributed by atoms with E-state index in [-0.39, 0.29) is 0 Å². The second-order valence-corrected chi connectivity index (χ2v) is 5.47. The molecule has 1 aromatic rings. The van der Waals surface area contributed by atoms with Crippen LogP contribution in [0.2, 0.25) is 0 Å². The zero-order valence-corrected chi connectivity index (χ0v) is 11.4. The van der Waals surface area contributed by atoms with Crippen LogP contribution in [0.1, 0.15) is 25.8 Å². The number of hydrogen-bond donors (Lipinski definition) is 1. The zero-order chi connectivity index (χ0) is 11.8. The van der Waals surface area contributed by atoms with Gasteiger partial charge in [0.15, 0.2) is 0 Å². The third-order valence-electron chi connectivity index (χ3n) is 2.30. The highest BCUT2D eigenvalue weighted by Crippen LogP contribution is 2.01. The lowest BCUT2D eigenvalue weighted by Crippen LogP contribution is -2.18. The van der Waals surface area contributed by atoms with Gasteiger partial charge in [-0.15, -0.1) is 0 Å². The molecule has 0 aliphatic carbocycles. The third-order valence-corrected chi connectivity index (χ3v) is 3.00. The molecule has 0 bridgehead atoms. The fraction of sp³-hybridized carbons (Fsp3) is 0.750. The van der Waals surface area contributed by atoms with Gasteiger partial charge in [0.2, 0.25) is 0 Å². The number of hydrogen-bond acceptors (Lipinski definition) is 3. The minimum atomic E-state index is 0.705. The van der Waals surface area contributed by atoms with Crippen LogP contribution >= 0.6 is 11.8 Å². The Morgan fingerprint density at radius 3 is 3.00 bits per heavy atom. The van der Waals surface area contributed by atoms with E-state index in [0.717, 1.165) is 19.6 Å². The van der Waals surface area contributed by atoms with Crippen LogP contribution in [-0.2, 0) is 13.1 Å². The Kier molecular flexibility index (Phi) is 6.57. The van der Waals surface area contributed by atoms with Crippen LogP contribution in [0, 0.1) is 5.92 Å². The number of nitrogens with zero attached hydrogens (tertiary/aromatic N) is 2. The Morgan fingerprint density at radius 2 is 2.31 bits per heavy atom. The molecule has 1 N–H and O–H groups in total. The summed E-state index contributed by atoms with van der Waals surface area (Å²) >= 11 is 1.89. The van der Waals surface area contributed by atoms with Gasteiger partial charge in [-0.25, -0.2) is 0 Å². The molecule has 0 radical (unpaired) electrons. The van der Waals surface area contributed by atoms with E-state index < -0.39 is 0 Å². The smallest absolute Gasteiger partial charge is 0.0534 e. The Balaban J connectivity index is 2.22. The lowest BCUT2D eigenvalue weighted by molar-refractivity contribution is 0.551. The van der Waals surface area contributed by atoms with Crippen LogP contribution in [0.3, 0.4) is 0 Å². The minimum Gasteiger partial charge on any atom is -0.312 e. The van der Waals surface area contributed by atoms with Gasteiger partial charge in [0.1, 0.15) is 0 Å². The Labute approximate surface area is 103 Å². The molecule has 0 aliphatic rings. The molecule has 0 aliphatic heterocycles. The van der Waals surface area contributed by atoms with Crippen LogP contribution in [-0.4, -0.2) is 28.3 Å². The topological polar surface area (TPSA) is 29.9 Å². The molecule has 92 valence electrons. The van der Waals surface area contributed by atoms with Crippen molar-refractivity contribution >= 4 is 11.8 Å². The largest absolute Gasteiger partial charge is 0.312 e. The summed E-state index contributed by atoms with van der Waals surface area (Å²) in [6.45, 7) is 7.47. The first kappa shape index (κ1) is 13.6. The average molecular weight is 241 g/mol. The lowest BCUT2D eigenvalue weighted by Gasteiger charge is -2.05. The van der Waals surface area contributed by atoms with Gasteiger partial charge in [-0.2, -0.15) is 16.9 Å². The molecule has 0 aromatic carbocycles. The normalized spacial score (nSPS) is 11.2. The van der Waals surface area contributed by atoms with Crippen LogP contribution in [0.25, 0.3) is 0 Å². The van der Waals surface area contributed by atoms with Crippen LogP contribution < -0.4 is 5.32 Å². The van der Waals surface area contributed by atoms with Gasteiger partial charge >= 0.3 is 0 Å². The molecule has 0 fully saturated rings. The van der Waals surface area contributed by atoms with Crippen molar-refractivity contribution < 1.29 is 0 Å². The minimum absolute atomic E-state index is 0.705. The van der Waals surface area contributed by atoms with E-state index in [2.05, 4.69) is 36.7 Å². The van der Waals surface area contributed by atoms with Crippen LogP contribution in [0.4, 0.5) is 0 Å².